The number of hydrogen-bond donors (Lipinski definition) is 0. The van der Waals surface area contributed by atoms with E-state index >= 15 is 0 Å². The van der Waals surface area contributed by atoms with Crippen LogP contribution in [-0.2, 0) is 0 Å². The molecule has 0 amide bonds. The van der Waals surface area contributed by atoms with E-state index in [0.29, 0.717) is 6.04 Å². The molecule has 0 N–H and O–H groups in total. The first-order chi connectivity index (χ1) is 8.65. The molecule has 1 saturated carbocycles. The molecule has 0 aromatic heterocycles. The minimum atomic E-state index is 0.0167. The van der Waals surface area contributed by atoms with Crippen molar-refractivity contribution in [2.24, 2.45) is 5.92 Å². The maximum Gasteiger partial charge on any atom is 0.179 e. The molecule has 1 aromatic rings. The average molecular weight is 245 g/mol. The van der Waals surface area contributed by atoms with E-state index in [4.69, 9.17) is 0 Å². The quantitative estimate of drug-likeness (QED) is 0.716. The second kappa shape index (κ2) is 5.66. The average Bonchev–Trinajstić information content (AvgIpc) is 3.23. The molecule has 18 heavy (non-hydrogen) atoms. The molecule has 1 aliphatic carbocycles. The highest BCUT2D eigenvalue weighted by Crippen LogP contribution is 2.35. The van der Waals surface area contributed by atoms with E-state index in [0.717, 1.165) is 17.9 Å². The second-order valence-corrected chi connectivity index (χ2v) is 5.40. The molecule has 2 unspecified atom stereocenters. The third kappa shape index (κ3) is 2.81. The maximum absolute atomic E-state index is 12.5. The van der Waals surface area contributed by atoms with Crippen molar-refractivity contribution in [1.82, 2.24) is 4.90 Å². The molecule has 0 heterocycles. The van der Waals surface area contributed by atoms with Gasteiger partial charge in [0.2, 0.25) is 0 Å². The molecule has 1 aliphatic rings. The molecule has 98 valence electrons. The van der Waals surface area contributed by atoms with Crippen LogP contribution in [0.25, 0.3) is 0 Å². The second-order valence-electron chi connectivity index (χ2n) is 5.40. The lowest BCUT2D eigenvalue weighted by Crippen LogP contribution is -2.44. The van der Waals surface area contributed by atoms with Gasteiger partial charge in [-0.25, -0.2) is 0 Å². The summed E-state index contributed by atoms with van der Waals surface area (Å²) < 4.78 is 0. The normalized spacial score (nSPS) is 18.7. The molecule has 0 spiro atoms. The minimum absolute atomic E-state index is 0.0167. The van der Waals surface area contributed by atoms with Gasteiger partial charge in [-0.15, -0.1) is 0 Å². The highest BCUT2D eigenvalue weighted by atomic mass is 16.1. The topological polar surface area (TPSA) is 20.3 Å². The van der Waals surface area contributed by atoms with Crippen LogP contribution in [-0.4, -0.2) is 29.8 Å². The first kappa shape index (κ1) is 13.3. The van der Waals surface area contributed by atoms with Gasteiger partial charge in [-0.1, -0.05) is 37.3 Å². The highest BCUT2D eigenvalue weighted by molar-refractivity contribution is 6.00. The zero-order valence-electron chi connectivity index (χ0n) is 11.6. The Balaban J connectivity index is 2.10. The van der Waals surface area contributed by atoms with E-state index < -0.39 is 0 Å². The molecule has 2 nitrogen and oxygen atoms in total. The van der Waals surface area contributed by atoms with Crippen molar-refractivity contribution in [3.8, 4) is 0 Å². The fourth-order valence-electron chi connectivity index (χ4n) is 2.65. The van der Waals surface area contributed by atoms with Crippen LogP contribution in [0.5, 0.6) is 0 Å². The summed E-state index contributed by atoms with van der Waals surface area (Å²) in [5.74, 6) is 1.06. The van der Waals surface area contributed by atoms with Gasteiger partial charge in [0.1, 0.15) is 0 Å². The molecule has 0 aliphatic heterocycles. The van der Waals surface area contributed by atoms with Crippen LogP contribution in [0.15, 0.2) is 30.3 Å². The standard InChI is InChI=1S/C16H23NO/c1-4-15(17(3)12(2)13-10-11-13)16(18)14-8-6-5-7-9-14/h5-9,12-13,15H,4,10-11H2,1-3H3. The Morgan fingerprint density at radius 2 is 1.94 bits per heavy atom. The largest absolute Gasteiger partial charge is 0.293 e. The van der Waals surface area contributed by atoms with Crippen molar-refractivity contribution < 1.29 is 4.79 Å². The van der Waals surface area contributed by atoms with E-state index in [9.17, 15) is 4.79 Å². The molecule has 2 heteroatoms. The van der Waals surface area contributed by atoms with Gasteiger partial charge in [0.15, 0.2) is 5.78 Å². The summed E-state index contributed by atoms with van der Waals surface area (Å²) in [5, 5.41) is 0. The zero-order valence-corrected chi connectivity index (χ0v) is 11.6. The first-order valence-electron chi connectivity index (χ1n) is 6.96. The van der Waals surface area contributed by atoms with Gasteiger partial charge in [-0.3, -0.25) is 9.69 Å². The van der Waals surface area contributed by atoms with Crippen LogP contribution < -0.4 is 0 Å². The van der Waals surface area contributed by atoms with Gasteiger partial charge >= 0.3 is 0 Å². The van der Waals surface area contributed by atoms with Crippen LogP contribution in [0.1, 0.15) is 43.5 Å². The summed E-state index contributed by atoms with van der Waals surface area (Å²) in [7, 11) is 2.10. The van der Waals surface area contributed by atoms with Gasteiger partial charge in [0, 0.05) is 11.6 Å². The molecular formula is C16H23NO. The summed E-state index contributed by atoms with van der Waals surface area (Å²) in [6.45, 7) is 4.35. The Morgan fingerprint density at radius 1 is 1.33 bits per heavy atom. The van der Waals surface area contributed by atoms with E-state index in [1.165, 1.54) is 12.8 Å². The van der Waals surface area contributed by atoms with Crippen molar-refractivity contribution in [2.45, 2.75) is 45.2 Å². The highest BCUT2D eigenvalue weighted by Gasteiger charge is 2.34. The van der Waals surface area contributed by atoms with Crippen molar-refractivity contribution in [2.75, 3.05) is 7.05 Å². The molecule has 2 atom stereocenters. The summed E-state index contributed by atoms with van der Waals surface area (Å²) >= 11 is 0. The number of benzene rings is 1. The lowest BCUT2D eigenvalue weighted by molar-refractivity contribution is 0.0780. The van der Waals surface area contributed by atoms with E-state index in [-0.39, 0.29) is 11.8 Å². The van der Waals surface area contributed by atoms with Crippen molar-refractivity contribution in [3.63, 3.8) is 0 Å². The van der Waals surface area contributed by atoms with Crippen LogP contribution in [0, 0.1) is 5.92 Å². The summed E-state index contributed by atoms with van der Waals surface area (Å²) in [5.41, 5.74) is 0.833. The Morgan fingerprint density at radius 3 is 2.44 bits per heavy atom. The Kier molecular flexibility index (Phi) is 4.18. The smallest absolute Gasteiger partial charge is 0.179 e. The molecule has 1 aromatic carbocycles. The van der Waals surface area contributed by atoms with E-state index in [1.807, 2.05) is 30.3 Å². The third-order valence-corrected chi connectivity index (χ3v) is 4.19. The summed E-state index contributed by atoms with van der Waals surface area (Å²) in [6, 6.07) is 10.2. The zero-order chi connectivity index (χ0) is 13.1. The predicted octanol–water partition coefficient (Wildman–Crippen LogP) is 3.38. The predicted molar refractivity (Wildman–Crippen MR) is 74.8 cm³/mol. The number of nitrogens with zero attached hydrogens (tertiary/aromatic N) is 1. The summed E-state index contributed by atoms with van der Waals surface area (Å²) in [6.07, 6.45) is 3.52. The lowest BCUT2D eigenvalue weighted by atomic mass is 9.99. The van der Waals surface area contributed by atoms with Gasteiger partial charge < -0.3 is 0 Å². The molecule has 0 radical (unpaired) electrons. The molecule has 2 rings (SSSR count). The Bertz CT molecular complexity index is 397. The number of hydrogen-bond acceptors (Lipinski definition) is 2. The molecule has 1 fully saturated rings. The Labute approximate surface area is 110 Å². The molecule has 0 bridgehead atoms. The number of carbonyl (C=O) groups is 1. The first-order valence-corrected chi connectivity index (χ1v) is 6.96. The number of likely N-dealkylation sites (N-methyl/N-ethyl adjacent to an activating group) is 1. The molecular weight excluding hydrogens is 222 g/mol. The molecule has 0 saturated heterocycles. The van der Waals surface area contributed by atoms with Gasteiger partial charge in [-0.05, 0) is 39.2 Å². The van der Waals surface area contributed by atoms with Crippen LogP contribution in [0.2, 0.25) is 0 Å². The van der Waals surface area contributed by atoms with Gasteiger partial charge in [-0.2, -0.15) is 0 Å². The van der Waals surface area contributed by atoms with Crippen LogP contribution in [0.4, 0.5) is 0 Å². The SMILES string of the molecule is CCC(C(=O)c1ccccc1)N(C)C(C)C1CC1. The monoisotopic (exact) mass is 245 g/mol. The van der Waals surface area contributed by atoms with Crippen LogP contribution >= 0.6 is 0 Å². The number of Topliss-reactive ketones (excluding diaryl/α,β-unsaturated/α-hetero) is 1. The number of rotatable bonds is 6. The fourth-order valence-corrected chi connectivity index (χ4v) is 2.65. The van der Waals surface area contributed by atoms with E-state index in [1.54, 1.807) is 0 Å². The minimum Gasteiger partial charge on any atom is -0.293 e. The van der Waals surface area contributed by atoms with Crippen molar-refractivity contribution in [3.05, 3.63) is 35.9 Å². The fraction of sp³-hybridized carbons (Fsp3) is 0.562. The maximum atomic E-state index is 12.5. The van der Waals surface area contributed by atoms with Crippen molar-refractivity contribution >= 4 is 5.78 Å². The van der Waals surface area contributed by atoms with Gasteiger partial charge in [0.25, 0.3) is 0 Å². The Hall–Kier alpha value is -1.15. The van der Waals surface area contributed by atoms with Crippen LogP contribution in [0.3, 0.4) is 0 Å². The number of ketones is 1. The van der Waals surface area contributed by atoms with Gasteiger partial charge in [0.05, 0.1) is 6.04 Å². The summed E-state index contributed by atoms with van der Waals surface area (Å²) in [4.78, 5) is 14.8. The van der Waals surface area contributed by atoms with E-state index in [2.05, 4.69) is 25.8 Å². The number of carbonyl (C=O) groups excluding carboxylic acids is 1. The third-order valence-electron chi connectivity index (χ3n) is 4.19. The lowest BCUT2D eigenvalue weighted by Gasteiger charge is -2.31. The van der Waals surface area contributed by atoms with Crippen molar-refractivity contribution in [1.29, 1.82) is 0 Å².